The average molecular weight is 536 g/mol. The molecule has 5 aromatic carbocycles. The normalized spacial score (nSPS) is 11.7. The number of nitrogens with zero attached hydrogens (tertiary/aromatic N) is 2. The summed E-state index contributed by atoms with van der Waals surface area (Å²) in [5, 5.41) is 8.40. The van der Waals surface area contributed by atoms with Gasteiger partial charge in [-0.3, -0.25) is 9.10 Å². The highest BCUT2D eigenvalue weighted by molar-refractivity contribution is 7.92. The van der Waals surface area contributed by atoms with Crippen molar-refractivity contribution in [2.45, 2.75) is 25.2 Å². The van der Waals surface area contributed by atoms with Crippen LogP contribution in [0.2, 0.25) is 0 Å². The van der Waals surface area contributed by atoms with Crippen molar-refractivity contribution in [3.05, 3.63) is 120 Å². The summed E-state index contributed by atoms with van der Waals surface area (Å²) in [6.45, 7) is 3.43. The SMILES string of the molecule is CCc1ccccc1N(CC(=O)N/N=C\c1c2ccccc2cc2ccccc12)S(=O)(=O)c1ccc(C)cc1. The van der Waals surface area contributed by atoms with Crippen molar-refractivity contribution in [1.82, 2.24) is 5.43 Å². The minimum atomic E-state index is -4.01. The van der Waals surface area contributed by atoms with E-state index in [9.17, 15) is 13.2 Å². The summed E-state index contributed by atoms with van der Waals surface area (Å²) in [4.78, 5) is 13.3. The first-order valence-corrected chi connectivity index (χ1v) is 14.2. The topological polar surface area (TPSA) is 78.8 Å². The van der Waals surface area contributed by atoms with Crippen LogP contribution in [0, 0.1) is 6.92 Å². The van der Waals surface area contributed by atoms with Gasteiger partial charge in [0.25, 0.3) is 15.9 Å². The molecule has 0 aliphatic heterocycles. The van der Waals surface area contributed by atoms with Gasteiger partial charge in [0.1, 0.15) is 6.54 Å². The molecule has 0 bridgehead atoms. The molecule has 196 valence electrons. The first-order valence-electron chi connectivity index (χ1n) is 12.8. The number of rotatable bonds is 8. The number of hydrogen-bond acceptors (Lipinski definition) is 4. The Balaban J connectivity index is 1.46. The molecule has 0 aromatic heterocycles. The number of hydrogen-bond donors (Lipinski definition) is 1. The fraction of sp³-hybridized carbons (Fsp3) is 0.125. The molecule has 1 amide bonds. The van der Waals surface area contributed by atoms with Crippen LogP contribution in [-0.2, 0) is 21.2 Å². The third kappa shape index (κ3) is 5.40. The molecular formula is C32H29N3O3S. The van der Waals surface area contributed by atoms with Crippen LogP contribution in [0.4, 0.5) is 5.69 Å². The molecule has 0 heterocycles. The van der Waals surface area contributed by atoms with Crippen LogP contribution in [0.1, 0.15) is 23.6 Å². The molecule has 0 spiro atoms. The van der Waals surface area contributed by atoms with Crippen LogP contribution in [-0.4, -0.2) is 27.1 Å². The maximum Gasteiger partial charge on any atom is 0.264 e. The van der Waals surface area contributed by atoms with Gasteiger partial charge in [0.2, 0.25) is 0 Å². The summed E-state index contributed by atoms with van der Waals surface area (Å²) in [5.41, 5.74) is 5.68. The lowest BCUT2D eigenvalue weighted by Gasteiger charge is -2.25. The van der Waals surface area contributed by atoms with Crippen molar-refractivity contribution < 1.29 is 13.2 Å². The maximum atomic E-state index is 13.7. The minimum absolute atomic E-state index is 0.123. The molecule has 0 saturated heterocycles. The Morgan fingerprint density at radius 3 is 2.08 bits per heavy atom. The van der Waals surface area contributed by atoms with Gasteiger partial charge in [0.05, 0.1) is 16.8 Å². The second kappa shape index (κ2) is 11.1. The summed E-state index contributed by atoms with van der Waals surface area (Å²) in [6, 6.07) is 32.0. The Labute approximate surface area is 228 Å². The van der Waals surface area contributed by atoms with Gasteiger partial charge in [-0.15, -0.1) is 0 Å². The van der Waals surface area contributed by atoms with Gasteiger partial charge in [-0.2, -0.15) is 5.10 Å². The molecular weight excluding hydrogens is 506 g/mol. The van der Waals surface area contributed by atoms with Crippen molar-refractivity contribution in [2.24, 2.45) is 5.10 Å². The number of carbonyl (C=O) groups is 1. The number of fused-ring (bicyclic) bond motifs is 2. The highest BCUT2D eigenvalue weighted by atomic mass is 32.2. The lowest BCUT2D eigenvalue weighted by atomic mass is 9.97. The minimum Gasteiger partial charge on any atom is -0.271 e. The number of benzene rings is 5. The zero-order chi connectivity index (χ0) is 27.4. The standard InChI is InChI=1S/C32H29N3O3S/c1-3-24-10-6-9-15-31(24)35(39(37,38)27-18-16-23(2)17-19-27)22-32(36)34-33-21-30-28-13-7-4-11-25(28)20-26-12-5-8-14-29(26)30/h4-21H,3,22H2,1-2H3,(H,34,36)/b33-21-. The Hall–Kier alpha value is -4.49. The van der Waals surface area contributed by atoms with E-state index < -0.39 is 22.5 Å². The van der Waals surface area contributed by atoms with Gasteiger partial charge in [-0.05, 0) is 64.7 Å². The van der Waals surface area contributed by atoms with Crippen molar-refractivity contribution in [1.29, 1.82) is 0 Å². The van der Waals surface area contributed by atoms with E-state index in [0.717, 1.165) is 42.5 Å². The summed E-state index contributed by atoms with van der Waals surface area (Å²) >= 11 is 0. The molecule has 39 heavy (non-hydrogen) atoms. The summed E-state index contributed by atoms with van der Waals surface area (Å²) in [6.07, 6.45) is 2.24. The van der Waals surface area contributed by atoms with E-state index in [4.69, 9.17) is 0 Å². The molecule has 0 saturated carbocycles. The third-order valence-electron chi connectivity index (χ3n) is 6.73. The van der Waals surface area contributed by atoms with Gasteiger partial charge in [-0.1, -0.05) is 91.3 Å². The average Bonchev–Trinajstić information content (AvgIpc) is 2.95. The van der Waals surface area contributed by atoms with Gasteiger partial charge in [0, 0.05) is 5.56 Å². The van der Waals surface area contributed by atoms with Crippen molar-refractivity contribution >= 4 is 49.4 Å². The highest BCUT2D eigenvalue weighted by Crippen LogP contribution is 2.29. The molecule has 0 radical (unpaired) electrons. The lowest BCUT2D eigenvalue weighted by molar-refractivity contribution is -0.119. The molecule has 0 aliphatic rings. The van der Waals surface area contributed by atoms with Gasteiger partial charge >= 0.3 is 0 Å². The molecule has 6 nitrogen and oxygen atoms in total. The molecule has 0 unspecified atom stereocenters. The first-order chi connectivity index (χ1) is 18.9. The number of hydrazone groups is 1. The van der Waals surface area contributed by atoms with Crippen LogP contribution in [0.15, 0.2) is 113 Å². The van der Waals surface area contributed by atoms with Gasteiger partial charge in [0.15, 0.2) is 0 Å². The number of carbonyl (C=O) groups excluding carboxylic acids is 1. The van der Waals surface area contributed by atoms with Crippen molar-refractivity contribution in [3.63, 3.8) is 0 Å². The molecule has 0 atom stereocenters. The monoisotopic (exact) mass is 535 g/mol. The van der Waals surface area contributed by atoms with Crippen LogP contribution in [0.25, 0.3) is 21.5 Å². The van der Waals surface area contributed by atoms with E-state index >= 15 is 0 Å². The maximum absolute atomic E-state index is 13.7. The van der Waals surface area contributed by atoms with Crippen LogP contribution < -0.4 is 9.73 Å². The zero-order valence-electron chi connectivity index (χ0n) is 21.8. The van der Waals surface area contributed by atoms with E-state index in [1.807, 2.05) is 74.5 Å². The smallest absolute Gasteiger partial charge is 0.264 e. The largest absolute Gasteiger partial charge is 0.271 e. The summed E-state index contributed by atoms with van der Waals surface area (Å²) in [7, 11) is -4.01. The molecule has 0 fully saturated rings. The number of amides is 1. The van der Waals surface area contributed by atoms with Crippen LogP contribution in [0.5, 0.6) is 0 Å². The number of nitrogens with one attached hydrogen (secondary N) is 1. The van der Waals surface area contributed by atoms with E-state index in [0.29, 0.717) is 12.1 Å². The van der Waals surface area contributed by atoms with Crippen molar-refractivity contribution in [2.75, 3.05) is 10.8 Å². The summed E-state index contributed by atoms with van der Waals surface area (Å²) in [5.74, 6) is -0.544. The number of sulfonamides is 1. The molecule has 0 aliphatic carbocycles. The molecule has 1 N–H and O–H groups in total. The second-order valence-corrected chi connectivity index (χ2v) is 11.2. The third-order valence-corrected chi connectivity index (χ3v) is 8.51. The quantitative estimate of drug-likeness (QED) is 0.146. The molecule has 7 heteroatoms. The van der Waals surface area contributed by atoms with E-state index in [1.165, 1.54) is 0 Å². The van der Waals surface area contributed by atoms with E-state index in [-0.39, 0.29) is 4.90 Å². The van der Waals surface area contributed by atoms with Crippen LogP contribution >= 0.6 is 0 Å². The second-order valence-electron chi connectivity index (χ2n) is 9.33. The Kier molecular flexibility index (Phi) is 7.43. The first kappa shape index (κ1) is 26.1. The molecule has 5 aromatic rings. The predicted octanol–water partition coefficient (Wildman–Crippen LogP) is 6.21. The van der Waals surface area contributed by atoms with E-state index in [2.05, 4.69) is 16.6 Å². The van der Waals surface area contributed by atoms with E-state index in [1.54, 1.807) is 42.6 Å². The molecule has 5 rings (SSSR count). The van der Waals surface area contributed by atoms with Crippen LogP contribution in [0.3, 0.4) is 0 Å². The number of para-hydroxylation sites is 1. The van der Waals surface area contributed by atoms with Crippen molar-refractivity contribution in [3.8, 4) is 0 Å². The number of anilines is 1. The zero-order valence-corrected chi connectivity index (χ0v) is 22.7. The summed E-state index contributed by atoms with van der Waals surface area (Å²) < 4.78 is 28.6. The fourth-order valence-corrected chi connectivity index (χ4v) is 6.17. The predicted molar refractivity (Wildman–Crippen MR) is 159 cm³/mol. The Morgan fingerprint density at radius 2 is 1.44 bits per heavy atom. The van der Waals surface area contributed by atoms with Gasteiger partial charge in [-0.25, -0.2) is 13.8 Å². The Morgan fingerprint density at radius 1 is 0.846 bits per heavy atom. The van der Waals surface area contributed by atoms with Gasteiger partial charge < -0.3 is 0 Å². The lowest BCUT2D eigenvalue weighted by Crippen LogP contribution is -2.40. The Bertz CT molecular complexity index is 1740. The highest BCUT2D eigenvalue weighted by Gasteiger charge is 2.28. The number of aryl methyl sites for hydroxylation is 2. The fourth-order valence-electron chi connectivity index (χ4n) is 4.71.